The van der Waals surface area contributed by atoms with Crippen LogP contribution in [0.25, 0.3) is 0 Å². The molecule has 0 aromatic heterocycles. The number of halogens is 3. The van der Waals surface area contributed by atoms with Crippen LogP contribution >= 0.6 is 0 Å². The Bertz CT molecular complexity index is 558. The number of nitrogens with two attached hydrogens (primary N) is 1. The van der Waals surface area contributed by atoms with E-state index in [0.717, 1.165) is 6.07 Å². The summed E-state index contributed by atoms with van der Waals surface area (Å²) in [5, 5.41) is 0. The monoisotopic (exact) mass is 253 g/mol. The molecule has 0 unspecified atom stereocenters. The second-order valence-corrected chi connectivity index (χ2v) is 3.63. The molecule has 18 heavy (non-hydrogen) atoms. The number of anilines is 1. The molecule has 0 saturated heterocycles. The lowest BCUT2D eigenvalue weighted by Gasteiger charge is -2.11. The minimum Gasteiger partial charge on any atom is -0.454 e. The average molecular weight is 253 g/mol. The molecule has 0 radical (unpaired) electrons. The van der Waals surface area contributed by atoms with E-state index in [2.05, 4.69) is 0 Å². The Morgan fingerprint density at radius 1 is 1.00 bits per heavy atom. The van der Waals surface area contributed by atoms with Gasteiger partial charge in [-0.25, -0.2) is 13.2 Å². The zero-order chi connectivity index (χ0) is 13.1. The van der Waals surface area contributed by atoms with Crippen LogP contribution in [0.3, 0.4) is 0 Å². The van der Waals surface area contributed by atoms with E-state index in [1.54, 1.807) is 6.07 Å². The lowest BCUT2D eigenvalue weighted by atomic mass is 10.2. The van der Waals surface area contributed by atoms with Crippen LogP contribution in [0.1, 0.15) is 12.0 Å². The second kappa shape index (κ2) is 5.00. The number of ether oxygens (including phenoxy) is 1. The highest BCUT2D eigenvalue weighted by molar-refractivity contribution is 5.49. The zero-order valence-corrected chi connectivity index (χ0v) is 9.24. The maximum atomic E-state index is 13.4. The maximum absolute atomic E-state index is 13.4. The van der Waals surface area contributed by atoms with Crippen molar-refractivity contribution in [2.75, 3.05) is 5.73 Å². The fraction of sp³-hybridized carbons (Fsp3) is 0.0769. The molecule has 0 amide bonds. The van der Waals surface area contributed by atoms with Gasteiger partial charge in [0.15, 0.2) is 11.6 Å². The summed E-state index contributed by atoms with van der Waals surface area (Å²) in [5.74, 6) is -0.831. The predicted octanol–water partition coefficient (Wildman–Crippen LogP) is 4.14. The van der Waals surface area contributed by atoms with Crippen LogP contribution in [0.2, 0.25) is 0 Å². The standard InChI is InChI=1S/C13H10F3NO/c14-10-3-1-2-4-12(10)18-11-6-5-8(17)7-9(11)13(15)16/h1-7,13H,17H2. The lowest BCUT2D eigenvalue weighted by molar-refractivity contribution is 0.148. The third-order valence-electron chi connectivity index (χ3n) is 2.33. The van der Waals surface area contributed by atoms with Gasteiger partial charge in [0, 0.05) is 5.69 Å². The molecule has 2 rings (SSSR count). The van der Waals surface area contributed by atoms with Crippen LogP contribution in [0, 0.1) is 5.82 Å². The summed E-state index contributed by atoms with van der Waals surface area (Å²) in [6.45, 7) is 0. The SMILES string of the molecule is Nc1ccc(Oc2ccccc2F)c(C(F)F)c1. The molecule has 2 aromatic rings. The summed E-state index contributed by atoms with van der Waals surface area (Å²) in [5.41, 5.74) is 5.26. The van der Waals surface area contributed by atoms with E-state index in [-0.39, 0.29) is 22.7 Å². The molecular formula is C13H10F3NO. The number of alkyl halides is 2. The van der Waals surface area contributed by atoms with Gasteiger partial charge in [-0.1, -0.05) is 12.1 Å². The van der Waals surface area contributed by atoms with Crippen LogP contribution in [-0.2, 0) is 0 Å². The van der Waals surface area contributed by atoms with Crippen molar-refractivity contribution in [2.24, 2.45) is 0 Å². The van der Waals surface area contributed by atoms with Gasteiger partial charge in [-0.2, -0.15) is 0 Å². The Morgan fingerprint density at radius 2 is 1.72 bits per heavy atom. The Balaban J connectivity index is 2.37. The van der Waals surface area contributed by atoms with Gasteiger partial charge in [0.05, 0.1) is 5.56 Å². The van der Waals surface area contributed by atoms with Gasteiger partial charge in [-0.15, -0.1) is 0 Å². The van der Waals surface area contributed by atoms with E-state index in [9.17, 15) is 13.2 Å². The van der Waals surface area contributed by atoms with Crippen LogP contribution in [0.4, 0.5) is 18.9 Å². The Labute approximate surface area is 102 Å². The highest BCUT2D eigenvalue weighted by Crippen LogP contribution is 2.34. The normalized spacial score (nSPS) is 10.7. The first kappa shape index (κ1) is 12.3. The first-order chi connectivity index (χ1) is 8.58. The van der Waals surface area contributed by atoms with Gasteiger partial charge in [0.1, 0.15) is 5.75 Å². The Hall–Kier alpha value is -2.17. The van der Waals surface area contributed by atoms with Gasteiger partial charge in [-0.3, -0.25) is 0 Å². The summed E-state index contributed by atoms with van der Waals surface area (Å²) in [7, 11) is 0. The largest absolute Gasteiger partial charge is 0.454 e. The van der Waals surface area contributed by atoms with Crippen molar-refractivity contribution in [1.82, 2.24) is 0 Å². The topological polar surface area (TPSA) is 35.2 Å². The van der Waals surface area contributed by atoms with E-state index in [1.807, 2.05) is 0 Å². The van der Waals surface area contributed by atoms with Crippen molar-refractivity contribution in [3.05, 3.63) is 53.8 Å². The molecule has 0 spiro atoms. The number of hydrogen-bond donors (Lipinski definition) is 1. The number of hydrogen-bond acceptors (Lipinski definition) is 2. The Kier molecular flexibility index (Phi) is 3.41. The highest BCUT2D eigenvalue weighted by Gasteiger charge is 2.16. The highest BCUT2D eigenvalue weighted by atomic mass is 19.3. The van der Waals surface area contributed by atoms with Crippen LogP contribution in [-0.4, -0.2) is 0 Å². The molecular weight excluding hydrogens is 243 g/mol. The van der Waals surface area contributed by atoms with Crippen LogP contribution in [0.15, 0.2) is 42.5 Å². The molecule has 0 aliphatic heterocycles. The first-order valence-electron chi connectivity index (χ1n) is 5.18. The number of rotatable bonds is 3. The van der Waals surface area contributed by atoms with Gasteiger partial charge in [0.25, 0.3) is 6.43 Å². The van der Waals surface area contributed by atoms with Crippen molar-refractivity contribution in [3.63, 3.8) is 0 Å². The molecule has 0 atom stereocenters. The van der Waals surface area contributed by atoms with Gasteiger partial charge in [-0.05, 0) is 30.3 Å². The number of nitrogen functional groups attached to an aromatic ring is 1. The van der Waals surface area contributed by atoms with Gasteiger partial charge < -0.3 is 10.5 Å². The van der Waals surface area contributed by atoms with E-state index < -0.39 is 12.2 Å². The molecule has 0 aliphatic carbocycles. The Morgan fingerprint density at radius 3 is 2.39 bits per heavy atom. The van der Waals surface area contributed by atoms with Crippen molar-refractivity contribution in [2.45, 2.75) is 6.43 Å². The molecule has 0 aliphatic rings. The van der Waals surface area contributed by atoms with Crippen molar-refractivity contribution in [1.29, 1.82) is 0 Å². The third-order valence-corrected chi connectivity index (χ3v) is 2.33. The van der Waals surface area contributed by atoms with E-state index in [4.69, 9.17) is 10.5 Å². The minimum absolute atomic E-state index is 0.107. The smallest absolute Gasteiger partial charge is 0.267 e. The van der Waals surface area contributed by atoms with Gasteiger partial charge in [0.2, 0.25) is 0 Å². The average Bonchev–Trinajstić information content (AvgIpc) is 2.34. The summed E-state index contributed by atoms with van der Waals surface area (Å²) in [6, 6.07) is 9.42. The summed E-state index contributed by atoms with van der Waals surface area (Å²) in [6.07, 6.45) is -2.74. The molecule has 0 fully saturated rings. The molecule has 2 N–H and O–H groups in total. The van der Waals surface area contributed by atoms with Crippen molar-refractivity contribution >= 4 is 5.69 Å². The lowest BCUT2D eigenvalue weighted by Crippen LogP contribution is -1.96. The number of benzene rings is 2. The number of para-hydroxylation sites is 1. The molecule has 0 heterocycles. The summed E-state index contributed by atoms with van der Waals surface area (Å²) >= 11 is 0. The molecule has 94 valence electrons. The molecule has 5 heteroatoms. The van der Waals surface area contributed by atoms with Crippen molar-refractivity contribution < 1.29 is 17.9 Å². The second-order valence-electron chi connectivity index (χ2n) is 3.63. The van der Waals surface area contributed by atoms with Crippen molar-refractivity contribution in [3.8, 4) is 11.5 Å². The van der Waals surface area contributed by atoms with E-state index in [0.29, 0.717) is 0 Å². The fourth-order valence-electron chi connectivity index (χ4n) is 1.48. The van der Waals surface area contributed by atoms with E-state index in [1.165, 1.54) is 30.3 Å². The maximum Gasteiger partial charge on any atom is 0.267 e. The third kappa shape index (κ3) is 2.56. The van der Waals surface area contributed by atoms with Crippen LogP contribution in [0.5, 0.6) is 11.5 Å². The van der Waals surface area contributed by atoms with Crippen LogP contribution < -0.4 is 10.5 Å². The molecule has 2 nitrogen and oxygen atoms in total. The quantitative estimate of drug-likeness (QED) is 0.834. The first-order valence-corrected chi connectivity index (χ1v) is 5.18. The molecule has 0 saturated carbocycles. The summed E-state index contributed by atoms with van der Waals surface area (Å²) < 4.78 is 44.1. The van der Waals surface area contributed by atoms with E-state index >= 15 is 0 Å². The zero-order valence-electron chi connectivity index (χ0n) is 9.24. The minimum atomic E-state index is -2.74. The molecule has 0 bridgehead atoms. The summed E-state index contributed by atoms with van der Waals surface area (Å²) in [4.78, 5) is 0. The molecule has 2 aromatic carbocycles. The predicted molar refractivity (Wildman–Crippen MR) is 62.3 cm³/mol. The fourth-order valence-corrected chi connectivity index (χ4v) is 1.48. The van der Waals surface area contributed by atoms with Gasteiger partial charge >= 0.3 is 0 Å².